The summed E-state index contributed by atoms with van der Waals surface area (Å²) in [6.07, 6.45) is -0.638. The van der Waals surface area contributed by atoms with Crippen molar-refractivity contribution in [3.05, 3.63) is 89.5 Å². The predicted molar refractivity (Wildman–Crippen MR) is 102 cm³/mol. The van der Waals surface area contributed by atoms with Crippen LogP contribution >= 0.6 is 0 Å². The number of hydrogen-bond donors (Lipinski definition) is 1. The fraction of sp³-hybridized carbons (Fsp3) is 0.182. The largest absolute Gasteiger partial charge is 0.388 e. The lowest BCUT2D eigenvalue weighted by molar-refractivity contribution is 0.151. The fourth-order valence-corrected chi connectivity index (χ4v) is 4.90. The first-order valence-corrected chi connectivity index (χ1v) is 9.78. The van der Waals surface area contributed by atoms with Gasteiger partial charge in [-0.25, -0.2) is 0 Å². The Morgan fingerprint density at radius 2 is 1.40 bits per heavy atom. The number of benzene rings is 3. The van der Waals surface area contributed by atoms with Gasteiger partial charge < -0.3 is 5.11 Å². The van der Waals surface area contributed by atoms with Crippen molar-refractivity contribution in [2.24, 2.45) is 0 Å². The third kappa shape index (κ3) is 2.94. The Labute approximate surface area is 150 Å². The molecule has 1 aliphatic carbocycles. The van der Waals surface area contributed by atoms with Crippen molar-refractivity contribution in [2.75, 3.05) is 5.75 Å². The summed E-state index contributed by atoms with van der Waals surface area (Å²) in [6.45, 7) is 2.02. The van der Waals surface area contributed by atoms with Crippen molar-refractivity contribution in [3.63, 3.8) is 0 Å². The molecule has 25 heavy (non-hydrogen) atoms. The molecule has 4 rings (SSSR count). The molecule has 1 aliphatic rings. The first-order chi connectivity index (χ1) is 12.1. The Morgan fingerprint density at radius 1 is 0.840 bits per heavy atom. The zero-order valence-electron chi connectivity index (χ0n) is 14.1. The van der Waals surface area contributed by atoms with Crippen LogP contribution < -0.4 is 0 Å². The topological polar surface area (TPSA) is 37.3 Å². The highest BCUT2D eigenvalue weighted by atomic mass is 32.2. The molecule has 2 nitrogen and oxygen atoms in total. The van der Waals surface area contributed by atoms with Crippen molar-refractivity contribution in [3.8, 4) is 11.1 Å². The van der Waals surface area contributed by atoms with E-state index in [0.717, 1.165) is 32.7 Å². The average molecular weight is 348 g/mol. The second-order valence-electron chi connectivity index (χ2n) is 6.55. The quantitative estimate of drug-likeness (QED) is 0.751. The van der Waals surface area contributed by atoms with Gasteiger partial charge in [0.2, 0.25) is 0 Å². The van der Waals surface area contributed by atoms with E-state index in [9.17, 15) is 9.32 Å². The monoisotopic (exact) mass is 348 g/mol. The van der Waals surface area contributed by atoms with Gasteiger partial charge in [-0.1, -0.05) is 66.2 Å². The Morgan fingerprint density at radius 3 is 2.08 bits per heavy atom. The van der Waals surface area contributed by atoms with Gasteiger partial charge in [0, 0.05) is 16.6 Å². The highest BCUT2D eigenvalue weighted by Crippen LogP contribution is 2.46. The Bertz CT molecular complexity index is 931. The average Bonchev–Trinajstić information content (AvgIpc) is 2.65. The second kappa shape index (κ2) is 6.58. The van der Waals surface area contributed by atoms with Crippen LogP contribution in [0, 0.1) is 6.92 Å². The van der Waals surface area contributed by atoms with Crippen LogP contribution in [-0.4, -0.2) is 15.1 Å². The first-order valence-electron chi connectivity index (χ1n) is 8.46. The number of aliphatic hydroxyl groups excluding tert-OH is 1. The van der Waals surface area contributed by atoms with E-state index in [1.807, 2.05) is 73.7 Å². The van der Waals surface area contributed by atoms with E-state index >= 15 is 0 Å². The maximum atomic E-state index is 12.9. The van der Waals surface area contributed by atoms with Crippen LogP contribution in [0.25, 0.3) is 11.1 Å². The molecule has 0 spiro atoms. The summed E-state index contributed by atoms with van der Waals surface area (Å²) >= 11 is 0. The van der Waals surface area contributed by atoms with Gasteiger partial charge in [0.25, 0.3) is 0 Å². The summed E-state index contributed by atoms with van der Waals surface area (Å²) in [5.74, 6) is 0.239. The highest BCUT2D eigenvalue weighted by Gasteiger charge is 2.33. The van der Waals surface area contributed by atoms with Crippen LogP contribution in [-0.2, 0) is 10.8 Å². The SMILES string of the molecule is Cc1ccc(S(=O)C[C@@H]2c3ccccc3-c3ccccc3[C@H]2O)cc1. The van der Waals surface area contributed by atoms with Gasteiger partial charge in [-0.2, -0.15) is 0 Å². The predicted octanol–water partition coefficient (Wildman–Crippen LogP) is 4.60. The molecule has 0 heterocycles. The van der Waals surface area contributed by atoms with Crippen LogP contribution in [0.5, 0.6) is 0 Å². The third-order valence-corrected chi connectivity index (χ3v) is 6.39. The molecule has 0 aliphatic heterocycles. The van der Waals surface area contributed by atoms with E-state index in [-0.39, 0.29) is 5.92 Å². The van der Waals surface area contributed by atoms with Gasteiger partial charge in [0.1, 0.15) is 0 Å². The molecule has 0 radical (unpaired) electrons. The standard InChI is InChI=1S/C22H20O2S/c1-15-10-12-16(13-11-15)25(24)14-21-19-8-3-2-6-17(19)18-7-4-5-9-20(18)22(21)23/h2-13,21-23H,14H2,1H3/t21-,22-,25?/m1/s1. The number of aliphatic hydroxyl groups is 1. The van der Waals surface area contributed by atoms with E-state index in [1.54, 1.807) is 0 Å². The normalized spacial score (nSPS) is 19.8. The number of hydrogen-bond acceptors (Lipinski definition) is 2. The van der Waals surface area contributed by atoms with Crippen LogP contribution in [0.3, 0.4) is 0 Å². The van der Waals surface area contributed by atoms with E-state index < -0.39 is 16.9 Å². The molecule has 3 aromatic carbocycles. The molecular weight excluding hydrogens is 328 g/mol. The van der Waals surface area contributed by atoms with Gasteiger partial charge in [-0.05, 0) is 41.3 Å². The summed E-state index contributed by atoms with van der Waals surface area (Å²) < 4.78 is 12.9. The van der Waals surface area contributed by atoms with Gasteiger partial charge in [0.05, 0.1) is 16.9 Å². The number of fused-ring (bicyclic) bond motifs is 3. The van der Waals surface area contributed by atoms with Gasteiger partial charge in [-0.15, -0.1) is 0 Å². The lowest BCUT2D eigenvalue weighted by Gasteiger charge is -2.32. The van der Waals surface area contributed by atoms with Crippen LogP contribution in [0.2, 0.25) is 0 Å². The smallest absolute Gasteiger partial charge is 0.0873 e. The molecular formula is C22H20O2S. The van der Waals surface area contributed by atoms with Crippen molar-refractivity contribution in [1.82, 2.24) is 0 Å². The Kier molecular flexibility index (Phi) is 4.28. The minimum atomic E-state index is -1.15. The molecule has 0 amide bonds. The third-order valence-electron chi connectivity index (χ3n) is 4.93. The molecule has 0 saturated heterocycles. The lowest BCUT2D eigenvalue weighted by atomic mass is 9.77. The van der Waals surface area contributed by atoms with E-state index in [1.165, 1.54) is 0 Å². The van der Waals surface area contributed by atoms with Crippen molar-refractivity contribution < 1.29 is 9.32 Å². The zero-order chi connectivity index (χ0) is 17.4. The molecule has 126 valence electrons. The molecule has 0 aromatic heterocycles. The molecule has 0 fully saturated rings. The molecule has 0 bridgehead atoms. The summed E-state index contributed by atoms with van der Waals surface area (Å²) in [4.78, 5) is 0.814. The Balaban J connectivity index is 1.73. The summed E-state index contributed by atoms with van der Waals surface area (Å²) in [7, 11) is -1.15. The molecule has 0 saturated carbocycles. The van der Waals surface area contributed by atoms with Crippen molar-refractivity contribution >= 4 is 10.8 Å². The molecule has 3 heteroatoms. The maximum absolute atomic E-state index is 12.9. The van der Waals surface area contributed by atoms with Crippen molar-refractivity contribution in [1.29, 1.82) is 0 Å². The lowest BCUT2D eigenvalue weighted by Crippen LogP contribution is -2.22. The Hall–Kier alpha value is -2.23. The summed E-state index contributed by atoms with van der Waals surface area (Å²) in [6, 6.07) is 23.9. The first kappa shape index (κ1) is 16.2. The van der Waals surface area contributed by atoms with Gasteiger partial charge in [-0.3, -0.25) is 4.21 Å². The van der Waals surface area contributed by atoms with Crippen LogP contribution in [0.15, 0.2) is 77.7 Å². The fourth-order valence-electron chi connectivity index (χ4n) is 3.58. The van der Waals surface area contributed by atoms with E-state index in [4.69, 9.17) is 0 Å². The second-order valence-corrected chi connectivity index (χ2v) is 8.05. The summed E-state index contributed by atoms with van der Waals surface area (Å²) in [5.41, 5.74) is 5.36. The molecule has 3 aromatic rings. The van der Waals surface area contributed by atoms with Crippen LogP contribution in [0.4, 0.5) is 0 Å². The van der Waals surface area contributed by atoms with E-state index in [2.05, 4.69) is 6.07 Å². The minimum Gasteiger partial charge on any atom is -0.388 e. The maximum Gasteiger partial charge on any atom is 0.0873 e. The molecule has 1 N–H and O–H groups in total. The van der Waals surface area contributed by atoms with Gasteiger partial charge in [0.15, 0.2) is 0 Å². The zero-order valence-corrected chi connectivity index (χ0v) is 14.9. The van der Waals surface area contributed by atoms with Gasteiger partial charge >= 0.3 is 0 Å². The molecule has 1 unspecified atom stereocenters. The molecule has 3 atom stereocenters. The number of aryl methyl sites for hydroxylation is 1. The van der Waals surface area contributed by atoms with Crippen LogP contribution in [0.1, 0.15) is 28.7 Å². The van der Waals surface area contributed by atoms with Crippen molar-refractivity contribution in [2.45, 2.75) is 23.8 Å². The summed E-state index contributed by atoms with van der Waals surface area (Å²) in [5, 5.41) is 11.0. The minimum absolute atomic E-state index is 0.173. The van der Waals surface area contributed by atoms with E-state index in [0.29, 0.717) is 5.75 Å². The highest BCUT2D eigenvalue weighted by molar-refractivity contribution is 7.85. The number of rotatable bonds is 3.